The van der Waals surface area contributed by atoms with E-state index in [-0.39, 0.29) is 6.10 Å². The molecular formula is C15H29BrO3. The molecule has 3 nitrogen and oxygen atoms in total. The van der Waals surface area contributed by atoms with Crippen LogP contribution in [0.25, 0.3) is 0 Å². The highest BCUT2D eigenvalue weighted by molar-refractivity contribution is 9.09. The van der Waals surface area contributed by atoms with Crippen molar-refractivity contribution < 1.29 is 14.6 Å². The van der Waals surface area contributed by atoms with E-state index in [1.54, 1.807) is 0 Å². The first kappa shape index (κ1) is 18.8. The molecule has 1 N–H and O–H groups in total. The minimum absolute atomic E-state index is 0.0981. The van der Waals surface area contributed by atoms with Crippen LogP contribution in [0.2, 0.25) is 0 Å². The molecule has 0 aromatic carbocycles. The minimum Gasteiger partial charge on any atom is -0.450 e. The predicted octanol–water partition coefficient (Wildman–Crippen LogP) is 5.76. The zero-order chi connectivity index (χ0) is 14.3. The number of ether oxygens (including phenoxy) is 1. The van der Waals surface area contributed by atoms with Crippen LogP contribution < -0.4 is 0 Å². The lowest BCUT2D eigenvalue weighted by Gasteiger charge is -2.15. The molecule has 0 radical (unpaired) electrons. The van der Waals surface area contributed by atoms with Gasteiger partial charge in [-0.3, -0.25) is 0 Å². The molecule has 0 rings (SSSR count). The molecule has 0 aromatic rings. The molecule has 0 aliphatic carbocycles. The van der Waals surface area contributed by atoms with Crippen molar-refractivity contribution in [3.05, 3.63) is 0 Å². The van der Waals surface area contributed by atoms with Crippen LogP contribution in [0.4, 0.5) is 4.79 Å². The van der Waals surface area contributed by atoms with Crippen molar-refractivity contribution in [1.29, 1.82) is 0 Å². The van der Waals surface area contributed by atoms with E-state index < -0.39 is 6.16 Å². The highest BCUT2D eigenvalue weighted by atomic mass is 79.9. The van der Waals surface area contributed by atoms with E-state index in [2.05, 4.69) is 22.9 Å². The summed E-state index contributed by atoms with van der Waals surface area (Å²) in [6.07, 6.45) is 11.3. The Labute approximate surface area is 126 Å². The van der Waals surface area contributed by atoms with Crippen molar-refractivity contribution in [2.45, 2.75) is 83.7 Å². The fraction of sp³-hybridized carbons (Fsp3) is 0.933. The van der Waals surface area contributed by atoms with E-state index in [4.69, 9.17) is 9.84 Å². The van der Waals surface area contributed by atoms with Gasteiger partial charge in [-0.05, 0) is 32.1 Å². The summed E-state index contributed by atoms with van der Waals surface area (Å²) >= 11 is 3.40. The number of hydrogen-bond donors (Lipinski definition) is 1. The van der Waals surface area contributed by atoms with Gasteiger partial charge in [0, 0.05) is 5.33 Å². The summed E-state index contributed by atoms with van der Waals surface area (Å²) in [5.74, 6) is 0. The third-order valence-corrected chi connectivity index (χ3v) is 3.87. The standard InChI is InChI=1S/C15H29BrO3/c1-2-3-4-5-6-8-11-14(19-15(17)18)12-9-7-10-13-16/h14H,2-13H2,1H3,(H,17,18). The smallest absolute Gasteiger partial charge is 0.450 e. The molecule has 0 fully saturated rings. The zero-order valence-electron chi connectivity index (χ0n) is 12.2. The molecule has 1 unspecified atom stereocenters. The SMILES string of the molecule is CCCCCCCCC(CCCCCBr)OC(=O)O. The maximum Gasteiger partial charge on any atom is 0.506 e. The van der Waals surface area contributed by atoms with E-state index in [1.807, 2.05) is 0 Å². The van der Waals surface area contributed by atoms with Crippen molar-refractivity contribution >= 4 is 22.1 Å². The van der Waals surface area contributed by atoms with E-state index in [9.17, 15) is 4.79 Å². The van der Waals surface area contributed by atoms with Gasteiger partial charge >= 0.3 is 6.16 Å². The number of carbonyl (C=O) groups is 1. The summed E-state index contributed by atoms with van der Waals surface area (Å²) in [6, 6.07) is 0. The van der Waals surface area contributed by atoms with Gasteiger partial charge in [0.2, 0.25) is 0 Å². The molecule has 114 valence electrons. The minimum atomic E-state index is -1.13. The van der Waals surface area contributed by atoms with Crippen LogP contribution >= 0.6 is 15.9 Å². The second kappa shape index (κ2) is 14.2. The van der Waals surface area contributed by atoms with Crippen LogP contribution in [-0.4, -0.2) is 22.7 Å². The molecule has 19 heavy (non-hydrogen) atoms. The number of alkyl halides is 1. The van der Waals surface area contributed by atoms with Gasteiger partial charge in [-0.25, -0.2) is 4.79 Å². The van der Waals surface area contributed by atoms with Crippen LogP contribution in [0.5, 0.6) is 0 Å². The molecule has 0 saturated heterocycles. The Bertz CT molecular complexity index is 210. The molecule has 4 heteroatoms. The van der Waals surface area contributed by atoms with Crippen LogP contribution in [0.15, 0.2) is 0 Å². The van der Waals surface area contributed by atoms with Crippen molar-refractivity contribution in [2.75, 3.05) is 5.33 Å². The number of carboxylic acid groups (broad SMARTS) is 1. The van der Waals surface area contributed by atoms with Crippen molar-refractivity contribution in [3.8, 4) is 0 Å². The van der Waals surface area contributed by atoms with Gasteiger partial charge in [-0.2, -0.15) is 0 Å². The lowest BCUT2D eigenvalue weighted by molar-refractivity contribution is 0.0423. The first-order valence-electron chi connectivity index (χ1n) is 7.66. The van der Waals surface area contributed by atoms with Crippen LogP contribution in [0, 0.1) is 0 Å². The third kappa shape index (κ3) is 14.0. The van der Waals surface area contributed by atoms with E-state index in [0.717, 1.165) is 43.9 Å². The van der Waals surface area contributed by atoms with Gasteiger partial charge in [0.15, 0.2) is 0 Å². The highest BCUT2D eigenvalue weighted by Crippen LogP contribution is 2.16. The molecule has 0 aliphatic heterocycles. The summed E-state index contributed by atoms with van der Waals surface area (Å²) in [4.78, 5) is 10.6. The average Bonchev–Trinajstić information content (AvgIpc) is 2.37. The van der Waals surface area contributed by atoms with Gasteiger partial charge in [-0.1, -0.05) is 61.4 Å². The summed E-state index contributed by atoms with van der Waals surface area (Å²) in [7, 11) is 0. The Balaban J connectivity index is 3.64. The Hall–Kier alpha value is -0.250. The quantitative estimate of drug-likeness (QED) is 0.264. The second-order valence-electron chi connectivity index (χ2n) is 5.10. The van der Waals surface area contributed by atoms with Crippen LogP contribution in [0.3, 0.4) is 0 Å². The Morgan fingerprint density at radius 2 is 1.53 bits per heavy atom. The molecule has 0 aromatic heterocycles. The number of unbranched alkanes of at least 4 members (excludes halogenated alkanes) is 7. The summed E-state index contributed by atoms with van der Waals surface area (Å²) < 4.78 is 4.96. The zero-order valence-corrected chi connectivity index (χ0v) is 13.8. The first-order chi connectivity index (χ1) is 9.20. The summed E-state index contributed by atoms with van der Waals surface area (Å²) in [6.45, 7) is 2.21. The lowest BCUT2D eigenvalue weighted by Crippen LogP contribution is -2.16. The van der Waals surface area contributed by atoms with E-state index in [1.165, 1.54) is 32.1 Å². The Morgan fingerprint density at radius 3 is 2.05 bits per heavy atom. The van der Waals surface area contributed by atoms with E-state index in [0.29, 0.717) is 0 Å². The molecule has 0 spiro atoms. The van der Waals surface area contributed by atoms with Gasteiger partial charge < -0.3 is 9.84 Å². The largest absolute Gasteiger partial charge is 0.506 e. The predicted molar refractivity (Wildman–Crippen MR) is 83.2 cm³/mol. The molecule has 1 atom stereocenters. The summed E-state index contributed by atoms with van der Waals surface area (Å²) in [5.41, 5.74) is 0. The maximum atomic E-state index is 10.6. The second-order valence-corrected chi connectivity index (χ2v) is 5.89. The van der Waals surface area contributed by atoms with Crippen molar-refractivity contribution in [1.82, 2.24) is 0 Å². The normalized spacial score (nSPS) is 12.3. The molecule has 0 saturated carbocycles. The fourth-order valence-corrected chi connectivity index (χ4v) is 2.60. The first-order valence-corrected chi connectivity index (χ1v) is 8.78. The number of hydrogen-bond acceptors (Lipinski definition) is 2. The average molecular weight is 337 g/mol. The third-order valence-electron chi connectivity index (χ3n) is 3.31. The van der Waals surface area contributed by atoms with Crippen LogP contribution in [0.1, 0.15) is 77.6 Å². The number of halogens is 1. The molecule has 0 amide bonds. The maximum absolute atomic E-state index is 10.6. The van der Waals surface area contributed by atoms with E-state index >= 15 is 0 Å². The molecular weight excluding hydrogens is 308 g/mol. The molecule has 0 bridgehead atoms. The lowest BCUT2D eigenvalue weighted by atomic mass is 10.0. The summed E-state index contributed by atoms with van der Waals surface area (Å²) in [5, 5.41) is 9.75. The van der Waals surface area contributed by atoms with Gasteiger partial charge in [-0.15, -0.1) is 0 Å². The van der Waals surface area contributed by atoms with Crippen molar-refractivity contribution in [2.24, 2.45) is 0 Å². The van der Waals surface area contributed by atoms with Crippen molar-refractivity contribution in [3.63, 3.8) is 0 Å². The fourth-order valence-electron chi connectivity index (χ4n) is 2.20. The Morgan fingerprint density at radius 1 is 1.00 bits per heavy atom. The topological polar surface area (TPSA) is 46.5 Å². The van der Waals surface area contributed by atoms with Crippen LogP contribution in [-0.2, 0) is 4.74 Å². The van der Waals surface area contributed by atoms with Gasteiger partial charge in [0.25, 0.3) is 0 Å². The molecule has 0 aliphatic rings. The highest BCUT2D eigenvalue weighted by Gasteiger charge is 2.12. The number of rotatable bonds is 13. The van der Waals surface area contributed by atoms with Gasteiger partial charge in [0.1, 0.15) is 6.10 Å². The molecule has 0 heterocycles. The van der Waals surface area contributed by atoms with Gasteiger partial charge in [0.05, 0.1) is 0 Å². The monoisotopic (exact) mass is 336 g/mol. The Kier molecular flexibility index (Phi) is 14.0.